The molecule has 1 aliphatic heterocycles. The van der Waals surface area contributed by atoms with Gasteiger partial charge in [0, 0.05) is 12.2 Å². The molecule has 1 aromatic carbocycles. The Balaban J connectivity index is 2.45. The van der Waals surface area contributed by atoms with Crippen molar-refractivity contribution < 1.29 is 19.4 Å². The molecule has 0 bridgehead atoms. The highest BCUT2D eigenvalue weighted by Crippen LogP contribution is 2.32. The quantitative estimate of drug-likeness (QED) is 0.670. The minimum atomic E-state index is -0.514. The van der Waals surface area contributed by atoms with E-state index in [1.807, 2.05) is 6.92 Å². The van der Waals surface area contributed by atoms with Gasteiger partial charge < -0.3 is 14.7 Å². The second kappa shape index (κ2) is 7.13. The zero-order valence-electron chi connectivity index (χ0n) is 13.6. The zero-order chi connectivity index (χ0) is 17.0. The predicted molar refractivity (Wildman–Crippen MR) is 87.4 cm³/mol. The molecule has 5 heteroatoms. The van der Waals surface area contributed by atoms with Gasteiger partial charge in [-0.1, -0.05) is 25.5 Å². The predicted octanol–water partition coefficient (Wildman–Crippen LogP) is 2.86. The van der Waals surface area contributed by atoms with Gasteiger partial charge in [-0.3, -0.25) is 4.79 Å². The molecule has 2 rings (SSSR count). The molecule has 0 fully saturated rings. The summed E-state index contributed by atoms with van der Waals surface area (Å²) in [5, 5.41) is 9.35. The highest BCUT2D eigenvalue weighted by Gasteiger charge is 2.36. The van der Waals surface area contributed by atoms with Crippen LogP contribution in [0.5, 0.6) is 5.75 Å². The van der Waals surface area contributed by atoms with Crippen LogP contribution in [-0.2, 0) is 14.3 Å². The molecule has 0 radical (unpaired) electrons. The highest BCUT2D eigenvalue weighted by atomic mass is 16.5. The van der Waals surface area contributed by atoms with E-state index in [2.05, 4.69) is 0 Å². The maximum Gasteiger partial charge on any atom is 0.340 e. The van der Waals surface area contributed by atoms with Crippen LogP contribution in [0.15, 0.2) is 41.1 Å². The summed E-state index contributed by atoms with van der Waals surface area (Å²) in [4.78, 5) is 26.4. The number of phenolic OH excluding ortho intramolecular Hbond substituents is 1. The normalized spacial score (nSPS) is 16.4. The Labute approximate surface area is 135 Å². The van der Waals surface area contributed by atoms with E-state index in [4.69, 9.17) is 4.74 Å². The number of methoxy groups -OCH3 is 1. The van der Waals surface area contributed by atoms with E-state index in [9.17, 15) is 14.7 Å². The fourth-order valence-corrected chi connectivity index (χ4v) is 2.55. The molecule has 0 spiro atoms. The number of carbonyl (C=O) groups is 2. The van der Waals surface area contributed by atoms with Gasteiger partial charge in [0.25, 0.3) is 5.91 Å². The lowest BCUT2D eigenvalue weighted by Crippen LogP contribution is -2.26. The number of aromatic hydroxyl groups is 1. The minimum Gasteiger partial charge on any atom is -0.508 e. The molecule has 0 aliphatic carbocycles. The summed E-state index contributed by atoms with van der Waals surface area (Å²) in [5.74, 6) is -0.557. The van der Waals surface area contributed by atoms with E-state index in [-0.39, 0.29) is 11.7 Å². The third kappa shape index (κ3) is 3.44. The second-order valence-corrected chi connectivity index (χ2v) is 5.41. The van der Waals surface area contributed by atoms with Gasteiger partial charge in [0.2, 0.25) is 0 Å². The molecule has 1 aromatic rings. The molecule has 1 amide bonds. The minimum absolute atomic E-state index is 0.148. The third-order valence-corrected chi connectivity index (χ3v) is 3.84. The molecule has 0 unspecified atom stereocenters. The van der Waals surface area contributed by atoms with Gasteiger partial charge in [-0.2, -0.15) is 0 Å². The van der Waals surface area contributed by atoms with Gasteiger partial charge in [-0.15, -0.1) is 0 Å². The van der Waals surface area contributed by atoms with Crippen molar-refractivity contribution in [1.82, 2.24) is 4.90 Å². The molecule has 23 heavy (non-hydrogen) atoms. The van der Waals surface area contributed by atoms with Crippen molar-refractivity contribution in [2.75, 3.05) is 13.7 Å². The van der Waals surface area contributed by atoms with Gasteiger partial charge in [0.05, 0.1) is 18.3 Å². The van der Waals surface area contributed by atoms with Crippen molar-refractivity contribution in [3.63, 3.8) is 0 Å². The van der Waals surface area contributed by atoms with Crippen molar-refractivity contribution in [2.24, 2.45) is 0 Å². The number of carbonyl (C=O) groups excluding carboxylic acids is 2. The Bertz CT molecular complexity index is 671. The maximum atomic E-state index is 12.7. The molecule has 1 N–H and O–H groups in total. The van der Waals surface area contributed by atoms with E-state index in [1.54, 1.807) is 30.0 Å². The van der Waals surface area contributed by atoms with Crippen molar-refractivity contribution in [3.05, 3.63) is 46.7 Å². The average Bonchev–Trinajstić information content (AvgIpc) is 2.77. The lowest BCUT2D eigenvalue weighted by molar-refractivity contribution is -0.136. The number of unbranched alkanes of at least 4 members (excludes halogenated alkanes) is 1. The summed E-state index contributed by atoms with van der Waals surface area (Å²) >= 11 is 0. The summed E-state index contributed by atoms with van der Waals surface area (Å²) in [5.41, 5.74) is 2.00. The Hall–Kier alpha value is -2.56. The first-order chi connectivity index (χ1) is 11.0. The number of nitrogens with zero attached hydrogens (tertiary/aromatic N) is 1. The molecule has 0 saturated heterocycles. The number of hydrogen-bond donors (Lipinski definition) is 1. The molecule has 122 valence electrons. The van der Waals surface area contributed by atoms with Crippen molar-refractivity contribution in [2.45, 2.75) is 26.7 Å². The number of hydrogen-bond acceptors (Lipinski definition) is 4. The van der Waals surface area contributed by atoms with Crippen LogP contribution in [0.3, 0.4) is 0 Å². The number of phenols is 1. The number of amides is 1. The standard InChI is InChI=1S/C18H21NO4/c1-4-5-10-19-12(2)16(18(22)23-3)15(17(19)21)11-13-6-8-14(20)9-7-13/h6-9,11,20H,4-5,10H2,1-3H3/b15-11-. The number of benzene rings is 1. The molecule has 0 saturated carbocycles. The third-order valence-electron chi connectivity index (χ3n) is 3.84. The summed E-state index contributed by atoms with van der Waals surface area (Å²) < 4.78 is 4.84. The topological polar surface area (TPSA) is 66.8 Å². The molecule has 5 nitrogen and oxygen atoms in total. The molecule has 0 aromatic heterocycles. The average molecular weight is 315 g/mol. The molecular formula is C18H21NO4. The van der Waals surface area contributed by atoms with Gasteiger partial charge >= 0.3 is 5.97 Å². The Kier molecular flexibility index (Phi) is 5.21. The zero-order valence-corrected chi connectivity index (χ0v) is 13.6. The van der Waals surface area contributed by atoms with E-state index in [1.165, 1.54) is 19.2 Å². The van der Waals surface area contributed by atoms with Crippen molar-refractivity contribution >= 4 is 18.0 Å². The molecule has 0 atom stereocenters. The lowest BCUT2D eigenvalue weighted by Gasteiger charge is -2.17. The smallest absolute Gasteiger partial charge is 0.340 e. The Morgan fingerprint density at radius 2 is 1.96 bits per heavy atom. The first-order valence-electron chi connectivity index (χ1n) is 7.61. The molecular weight excluding hydrogens is 294 g/mol. The van der Waals surface area contributed by atoms with Crippen LogP contribution in [0, 0.1) is 0 Å². The molecule has 1 aliphatic rings. The van der Waals surface area contributed by atoms with Crippen molar-refractivity contribution in [1.29, 1.82) is 0 Å². The van der Waals surface area contributed by atoms with Crippen LogP contribution < -0.4 is 0 Å². The summed E-state index contributed by atoms with van der Waals surface area (Å²) in [6, 6.07) is 6.45. The monoisotopic (exact) mass is 315 g/mol. The Morgan fingerprint density at radius 3 is 2.52 bits per heavy atom. The summed E-state index contributed by atoms with van der Waals surface area (Å²) in [6.07, 6.45) is 3.48. The van der Waals surface area contributed by atoms with Crippen LogP contribution in [0.4, 0.5) is 0 Å². The maximum absolute atomic E-state index is 12.7. The van der Waals surface area contributed by atoms with Crippen LogP contribution in [0.1, 0.15) is 32.3 Å². The van der Waals surface area contributed by atoms with Gasteiger partial charge in [0.1, 0.15) is 5.75 Å². The van der Waals surface area contributed by atoms with Gasteiger partial charge in [0.15, 0.2) is 0 Å². The number of esters is 1. The van der Waals surface area contributed by atoms with Gasteiger partial charge in [-0.05, 0) is 37.1 Å². The van der Waals surface area contributed by atoms with Gasteiger partial charge in [-0.25, -0.2) is 4.79 Å². The SMILES string of the molecule is CCCCN1C(=O)/C(=C\c2ccc(O)cc2)C(C(=O)OC)=C1C. The summed E-state index contributed by atoms with van der Waals surface area (Å²) in [7, 11) is 1.31. The van der Waals surface area contributed by atoms with Crippen LogP contribution in [0.25, 0.3) is 6.08 Å². The summed E-state index contributed by atoms with van der Waals surface area (Å²) in [6.45, 7) is 4.39. The number of ether oxygens (including phenoxy) is 1. The first-order valence-corrected chi connectivity index (χ1v) is 7.61. The number of allylic oxidation sites excluding steroid dienone is 1. The van der Waals surface area contributed by atoms with E-state index >= 15 is 0 Å². The fraction of sp³-hybridized carbons (Fsp3) is 0.333. The van der Waals surface area contributed by atoms with Crippen LogP contribution >= 0.6 is 0 Å². The van der Waals surface area contributed by atoms with E-state index in [0.29, 0.717) is 23.4 Å². The van der Waals surface area contributed by atoms with Crippen LogP contribution in [-0.4, -0.2) is 35.5 Å². The van der Waals surface area contributed by atoms with E-state index < -0.39 is 5.97 Å². The highest BCUT2D eigenvalue weighted by molar-refractivity contribution is 6.16. The van der Waals surface area contributed by atoms with Crippen molar-refractivity contribution in [3.8, 4) is 5.75 Å². The number of rotatable bonds is 5. The van der Waals surface area contributed by atoms with Crippen LogP contribution in [0.2, 0.25) is 0 Å². The lowest BCUT2D eigenvalue weighted by atomic mass is 10.0. The molecule has 1 heterocycles. The first kappa shape index (κ1) is 16.8. The fourth-order valence-electron chi connectivity index (χ4n) is 2.55. The Morgan fingerprint density at radius 1 is 1.30 bits per heavy atom. The van der Waals surface area contributed by atoms with E-state index in [0.717, 1.165) is 18.4 Å². The largest absolute Gasteiger partial charge is 0.508 e. The second-order valence-electron chi connectivity index (χ2n) is 5.41.